The second kappa shape index (κ2) is 9.04. The maximum absolute atomic E-state index is 5.64. The highest BCUT2D eigenvalue weighted by Gasteiger charge is 2.05. The molecule has 1 heterocycles. The van der Waals surface area contributed by atoms with Gasteiger partial charge in [-0.15, -0.1) is 5.10 Å². The van der Waals surface area contributed by atoms with E-state index in [1.54, 1.807) is 11.8 Å². The molecule has 1 aromatic carbocycles. The normalized spacial score (nSPS) is 10.7. The number of ether oxygens (including phenoxy) is 2. The quantitative estimate of drug-likeness (QED) is 0.655. The predicted octanol–water partition coefficient (Wildman–Crippen LogP) is 0.878. The van der Waals surface area contributed by atoms with Crippen LogP contribution in [0.4, 0.5) is 0 Å². The van der Waals surface area contributed by atoms with Crippen molar-refractivity contribution in [3.8, 4) is 5.75 Å². The summed E-state index contributed by atoms with van der Waals surface area (Å²) in [5.41, 5.74) is 0. The summed E-state index contributed by atoms with van der Waals surface area (Å²) >= 11 is 0. The molecule has 21 heavy (non-hydrogen) atoms. The molecule has 0 amide bonds. The second-order valence-corrected chi connectivity index (χ2v) is 4.50. The third-order valence-corrected chi connectivity index (χ3v) is 2.90. The molecule has 7 heteroatoms. The average Bonchev–Trinajstić information content (AvgIpc) is 2.97. The summed E-state index contributed by atoms with van der Waals surface area (Å²) in [6.07, 6.45) is 0.852. The number of rotatable bonds is 10. The van der Waals surface area contributed by atoms with E-state index in [4.69, 9.17) is 9.47 Å². The molecule has 0 bridgehead atoms. The SMILES string of the molecule is COCCNCc1nnnn1CCCOc1ccccc1. The number of aromatic nitrogens is 4. The van der Waals surface area contributed by atoms with Gasteiger partial charge in [-0.1, -0.05) is 18.2 Å². The first-order chi connectivity index (χ1) is 10.4. The van der Waals surface area contributed by atoms with Crippen LogP contribution in [0.15, 0.2) is 30.3 Å². The van der Waals surface area contributed by atoms with Crippen molar-refractivity contribution in [2.45, 2.75) is 19.5 Å². The van der Waals surface area contributed by atoms with Crippen molar-refractivity contribution in [1.82, 2.24) is 25.5 Å². The van der Waals surface area contributed by atoms with Crippen LogP contribution in [0.5, 0.6) is 5.75 Å². The highest BCUT2D eigenvalue weighted by Crippen LogP contribution is 2.08. The van der Waals surface area contributed by atoms with Gasteiger partial charge in [0.15, 0.2) is 5.82 Å². The molecule has 0 aliphatic carbocycles. The van der Waals surface area contributed by atoms with E-state index in [1.165, 1.54) is 0 Å². The number of methoxy groups -OCH3 is 1. The highest BCUT2D eigenvalue weighted by atomic mass is 16.5. The lowest BCUT2D eigenvalue weighted by atomic mass is 10.3. The van der Waals surface area contributed by atoms with Crippen LogP contribution >= 0.6 is 0 Å². The molecule has 2 rings (SSSR count). The number of tetrazole rings is 1. The Labute approximate surface area is 124 Å². The number of benzene rings is 1. The minimum Gasteiger partial charge on any atom is -0.494 e. The van der Waals surface area contributed by atoms with E-state index in [0.717, 1.165) is 31.1 Å². The molecule has 0 aliphatic heterocycles. The van der Waals surface area contributed by atoms with E-state index in [0.29, 0.717) is 19.8 Å². The van der Waals surface area contributed by atoms with Gasteiger partial charge < -0.3 is 14.8 Å². The monoisotopic (exact) mass is 291 g/mol. The van der Waals surface area contributed by atoms with Gasteiger partial charge in [0.25, 0.3) is 0 Å². The van der Waals surface area contributed by atoms with E-state index >= 15 is 0 Å². The van der Waals surface area contributed by atoms with Crippen LogP contribution in [-0.4, -0.2) is 47.1 Å². The first-order valence-corrected chi connectivity index (χ1v) is 7.02. The van der Waals surface area contributed by atoms with Crippen LogP contribution < -0.4 is 10.1 Å². The summed E-state index contributed by atoms with van der Waals surface area (Å²) in [4.78, 5) is 0. The van der Waals surface area contributed by atoms with Gasteiger partial charge in [-0.25, -0.2) is 4.68 Å². The maximum Gasteiger partial charge on any atom is 0.165 e. The fourth-order valence-corrected chi connectivity index (χ4v) is 1.82. The second-order valence-electron chi connectivity index (χ2n) is 4.50. The molecule has 7 nitrogen and oxygen atoms in total. The Bertz CT molecular complexity index is 503. The molecule has 0 radical (unpaired) electrons. The van der Waals surface area contributed by atoms with Crippen molar-refractivity contribution >= 4 is 0 Å². The van der Waals surface area contributed by atoms with Gasteiger partial charge in [-0.05, 0) is 22.6 Å². The van der Waals surface area contributed by atoms with Gasteiger partial charge in [-0.2, -0.15) is 0 Å². The van der Waals surface area contributed by atoms with Gasteiger partial charge in [0.1, 0.15) is 5.75 Å². The van der Waals surface area contributed by atoms with E-state index in [-0.39, 0.29) is 0 Å². The van der Waals surface area contributed by atoms with Crippen LogP contribution in [-0.2, 0) is 17.8 Å². The van der Waals surface area contributed by atoms with Crippen molar-refractivity contribution in [2.24, 2.45) is 0 Å². The summed E-state index contributed by atoms with van der Waals surface area (Å²) in [6, 6.07) is 9.78. The molecule has 0 spiro atoms. The third kappa shape index (κ3) is 5.49. The van der Waals surface area contributed by atoms with Crippen LogP contribution in [0.1, 0.15) is 12.2 Å². The smallest absolute Gasteiger partial charge is 0.165 e. The Morgan fingerprint density at radius 1 is 1.19 bits per heavy atom. The summed E-state index contributed by atoms with van der Waals surface area (Å²) < 4.78 is 12.4. The average molecular weight is 291 g/mol. The van der Waals surface area contributed by atoms with Gasteiger partial charge in [0, 0.05) is 26.6 Å². The molecule has 2 aromatic rings. The predicted molar refractivity (Wildman–Crippen MR) is 78.0 cm³/mol. The van der Waals surface area contributed by atoms with Crippen LogP contribution in [0, 0.1) is 0 Å². The van der Waals surface area contributed by atoms with Crippen LogP contribution in [0.2, 0.25) is 0 Å². The van der Waals surface area contributed by atoms with Crippen molar-refractivity contribution in [2.75, 3.05) is 26.9 Å². The Balaban J connectivity index is 1.67. The first kappa shape index (κ1) is 15.4. The fourth-order valence-electron chi connectivity index (χ4n) is 1.82. The standard InChI is InChI=1S/C14H21N5O2/c1-20-11-8-15-12-14-16-17-18-19(14)9-5-10-21-13-6-3-2-4-7-13/h2-4,6-7,15H,5,8-12H2,1H3. The van der Waals surface area contributed by atoms with Gasteiger partial charge in [0.05, 0.1) is 19.8 Å². The van der Waals surface area contributed by atoms with Crippen molar-refractivity contribution in [3.63, 3.8) is 0 Å². The number of aryl methyl sites for hydroxylation is 1. The Morgan fingerprint density at radius 3 is 2.86 bits per heavy atom. The van der Waals surface area contributed by atoms with E-state index in [2.05, 4.69) is 20.8 Å². The lowest BCUT2D eigenvalue weighted by Crippen LogP contribution is -2.21. The summed E-state index contributed by atoms with van der Waals surface area (Å²) in [6.45, 7) is 3.46. The van der Waals surface area contributed by atoms with Gasteiger partial charge >= 0.3 is 0 Å². The summed E-state index contributed by atoms with van der Waals surface area (Å²) in [5, 5.41) is 14.9. The molecule has 0 saturated carbocycles. The summed E-state index contributed by atoms with van der Waals surface area (Å²) in [5.74, 6) is 1.71. The minimum atomic E-state index is 0.635. The first-order valence-electron chi connectivity index (χ1n) is 7.02. The zero-order chi connectivity index (χ0) is 14.8. The molecule has 0 unspecified atom stereocenters. The highest BCUT2D eigenvalue weighted by molar-refractivity contribution is 5.20. The van der Waals surface area contributed by atoms with E-state index in [9.17, 15) is 0 Å². The molecule has 0 atom stereocenters. The van der Waals surface area contributed by atoms with Gasteiger partial charge in [0.2, 0.25) is 0 Å². The van der Waals surface area contributed by atoms with Crippen LogP contribution in [0.25, 0.3) is 0 Å². The molecule has 0 saturated heterocycles. The van der Waals surface area contributed by atoms with Crippen molar-refractivity contribution in [1.29, 1.82) is 0 Å². The Kier molecular flexibility index (Phi) is 6.63. The van der Waals surface area contributed by atoms with E-state index < -0.39 is 0 Å². The largest absolute Gasteiger partial charge is 0.494 e. The molecular weight excluding hydrogens is 270 g/mol. The van der Waals surface area contributed by atoms with Crippen molar-refractivity contribution in [3.05, 3.63) is 36.2 Å². The van der Waals surface area contributed by atoms with Crippen LogP contribution in [0.3, 0.4) is 0 Å². The minimum absolute atomic E-state index is 0.635. The van der Waals surface area contributed by atoms with E-state index in [1.807, 2.05) is 30.3 Å². The Hall–Kier alpha value is -1.99. The molecule has 1 N–H and O–H groups in total. The number of hydrogen-bond donors (Lipinski definition) is 1. The van der Waals surface area contributed by atoms with Gasteiger partial charge in [-0.3, -0.25) is 0 Å². The van der Waals surface area contributed by atoms with Crippen molar-refractivity contribution < 1.29 is 9.47 Å². The zero-order valence-electron chi connectivity index (χ0n) is 12.2. The molecule has 0 fully saturated rings. The summed E-state index contributed by atoms with van der Waals surface area (Å²) in [7, 11) is 1.68. The number of para-hydroxylation sites is 1. The molecular formula is C14H21N5O2. The molecule has 0 aliphatic rings. The lowest BCUT2D eigenvalue weighted by Gasteiger charge is -2.07. The molecule has 1 aromatic heterocycles. The topological polar surface area (TPSA) is 74.1 Å². The zero-order valence-corrected chi connectivity index (χ0v) is 12.2. The maximum atomic E-state index is 5.64. The Morgan fingerprint density at radius 2 is 2.05 bits per heavy atom. The fraction of sp³-hybridized carbons (Fsp3) is 0.500. The lowest BCUT2D eigenvalue weighted by molar-refractivity contribution is 0.198. The number of nitrogens with zero attached hydrogens (tertiary/aromatic N) is 4. The number of nitrogens with one attached hydrogen (secondary N) is 1. The number of hydrogen-bond acceptors (Lipinski definition) is 6. The molecule has 114 valence electrons. The third-order valence-electron chi connectivity index (χ3n) is 2.90.